The second kappa shape index (κ2) is 3.91. The molecule has 0 aliphatic carbocycles. The predicted molar refractivity (Wildman–Crippen MR) is 47.6 cm³/mol. The van der Waals surface area contributed by atoms with E-state index >= 15 is 0 Å². The van der Waals surface area contributed by atoms with Gasteiger partial charge >= 0.3 is 0 Å². The molecule has 4 nitrogen and oxygen atoms in total. The Hall–Kier alpha value is -1.55. The average molecular weight is 181 g/mol. The first-order chi connectivity index (χ1) is 6.17. The van der Waals surface area contributed by atoms with E-state index in [9.17, 15) is 4.79 Å². The summed E-state index contributed by atoms with van der Waals surface area (Å²) in [7, 11) is 0. The van der Waals surface area contributed by atoms with Crippen molar-refractivity contribution in [2.75, 3.05) is 6.54 Å². The normalized spacial score (nSPS) is 12.4. The van der Waals surface area contributed by atoms with Crippen molar-refractivity contribution in [1.82, 2.24) is 0 Å². The van der Waals surface area contributed by atoms with Crippen molar-refractivity contribution in [2.45, 2.75) is 5.92 Å². The number of aromatic hydroxyl groups is 2. The summed E-state index contributed by atoms with van der Waals surface area (Å²) >= 11 is 0. The molecule has 0 saturated carbocycles. The third kappa shape index (κ3) is 2.19. The molecule has 0 radical (unpaired) electrons. The van der Waals surface area contributed by atoms with Crippen molar-refractivity contribution in [3.63, 3.8) is 0 Å². The summed E-state index contributed by atoms with van der Waals surface area (Å²) in [6.45, 7) is 0.159. The van der Waals surface area contributed by atoms with Crippen LogP contribution in [0.4, 0.5) is 0 Å². The number of carbonyl (C=O) groups is 1. The second-order valence-corrected chi connectivity index (χ2v) is 2.76. The van der Waals surface area contributed by atoms with Crippen LogP contribution in [-0.4, -0.2) is 23.0 Å². The molecule has 0 saturated heterocycles. The Balaban J connectivity index is 3.05. The van der Waals surface area contributed by atoms with E-state index in [4.69, 9.17) is 15.9 Å². The monoisotopic (exact) mass is 181 g/mol. The van der Waals surface area contributed by atoms with Crippen molar-refractivity contribution in [2.24, 2.45) is 5.73 Å². The molecule has 0 spiro atoms. The maximum Gasteiger partial charge on any atom is 0.128 e. The number of benzene rings is 1. The molecule has 0 aromatic heterocycles. The van der Waals surface area contributed by atoms with Gasteiger partial charge in [0.05, 0.1) is 5.92 Å². The summed E-state index contributed by atoms with van der Waals surface area (Å²) in [5, 5.41) is 18.2. The van der Waals surface area contributed by atoms with E-state index in [1.54, 1.807) is 0 Å². The van der Waals surface area contributed by atoms with Gasteiger partial charge < -0.3 is 20.7 Å². The smallest absolute Gasteiger partial charge is 0.128 e. The van der Waals surface area contributed by atoms with Crippen LogP contribution in [0.2, 0.25) is 0 Å². The fourth-order valence-electron chi connectivity index (χ4n) is 1.10. The van der Waals surface area contributed by atoms with E-state index in [0.717, 1.165) is 0 Å². The topological polar surface area (TPSA) is 83.6 Å². The lowest BCUT2D eigenvalue weighted by atomic mass is 10.0. The zero-order chi connectivity index (χ0) is 9.84. The van der Waals surface area contributed by atoms with Gasteiger partial charge in [0.1, 0.15) is 17.8 Å². The first-order valence-corrected chi connectivity index (χ1v) is 3.85. The van der Waals surface area contributed by atoms with Gasteiger partial charge in [-0.2, -0.15) is 0 Å². The number of hydrogen-bond donors (Lipinski definition) is 3. The SMILES string of the molecule is NCC(C=O)c1cc(O)cc(O)c1. The van der Waals surface area contributed by atoms with E-state index < -0.39 is 5.92 Å². The molecule has 1 atom stereocenters. The quantitative estimate of drug-likeness (QED) is 0.587. The van der Waals surface area contributed by atoms with Gasteiger partial charge in [-0.1, -0.05) is 0 Å². The van der Waals surface area contributed by atoms with Crippen LogP contribution >= 0.6 is 0 Å². The molecule has 0 amide bonds. The molecule has 13 heavy (non-hydrogen) atoms. The van der Waals surface area contributed by atoms with Gasteiger partial charge in [0.25, 0.3) is 0 Å². The van der Waals surface area contributed by atoms with Crippen molar-refractivity contribution in [3.8, 4) is 11.5 Å². The number of nitrogens with two attached hydrogens (primary N) is 1. The Labute approximate surface area is 75.6 Å². The van der Waals surface area contributed by atoms with Gasteiger partial charge in [-0.05, 0) is 17.7 Å². The largest absolute Gasteiger partial charge is 0.508 e. The number of carbonyl (C=O) groups excluding carboxylic acids is 1. The molecule has 0 aliphatic heterocycles. The van der Waals surface area contributed by atoms with Crippen LogP contribution in [0.3, 0.4) is 0 Å². The lowest BCUT2D eigenvalue weighted by molar-refractivity contribution is -0.108. The van der Waals surface area contributed by atoms with Crippen LogP contribution in [0.5, 0.6) is 11.5 Å². The zero-order valence-corrected chi connectivity index (χ0v) is 6.97. The molecule has 0 heterocycles. The standard InChI is InChI=1S/C9H11NO3/c10-4-7(5-11)6-1-8(12)3-9(13)2-6/h1-3,5,7,12-13H,4,10H2. The highest BCUT2D eigenvalue weighted by Crippen LogP contribution is 2.24. The van der Waals surface area contributed by atoms with Crippen molar-refractivity contribution < 1.29 is 15.0 Å². The van der Waals surface area contributed by atoms with E-state index in [2.05, 4.69) is 0 Å². The minimum Gasteiger partial charge on any atom is -0.508 e. The Morgan fingerprint density at radius 3 is 2.23 bits per heavy atom. The third-order valence-electron chi connectivity index (χ3n) is 1.77. The van der Waals surface area contributed by atoms with Gasteiger partial charge in [0, 0.05) is 12.6 Å². The number of phenolic OH excluding ortho intramolecular Hbond substituents is 2. The molecule has 4 N–H and O–H groups in total. The van der Waals surface area contributed by atoms with Crippen LogP contribution in [0.25, 0.3) is 0 Å². The second-order valence-electron chi connectivity index (χ2n) is 2.76. The van der Waals surface area contributed by atoms with Crippen LogP contribution in [0.1, 0.15) is 11.5 Å². The van der Waals surface area contributed by atoms with E-state index in [1.807, 2.05) is 0 Å². The highest BCUT2D eigenvalue weighted by molar-refractivity contribution is 5.63. The first kappa shape index (κ1) is 9.54. The fraction of sp³-hybridized carbons (Fsp3) is 0.222. The molecule has 0 fully saturated rings. The van der Waals surface area contributed by atoms with Crippen molar-refractivity contribution >= 4 is 6.29 Å². The molecule has 70 valence electrons. The highest BCUT2D eigenvalue weighted by atomic mass is 16.3. The Morgan fingerprint density at radius 2 is 1.85 bits per heavy atom. The average Bonchev–Trinajstić information content (AvgIpc) is 2.04. The van der Waals surface area contributed by atoms with Gasteiger partial charge in [0.15, 0.2) is 0 Å². The molecule has 1 aromatic rings. The van der Waals surface area contributed by atoms with Crippen molar-refractivity contribution in [3.05, 3.63) is 23.8 Å². The Morgan fingerprint density at radius 1 is 1.31 bits per heavy atom. The Kier molecular flexibility index (Phi) is 2.87. The number of phenols is 2. The summed E-state index contributed by atoms with van der Waals surface area (Å²) in [5.41, 5.74) is 5.84. The maximum atomic E-state index is 10.5. The van der Waals surface area contributed by atoms with Crippen molar-refractivity contribution in [1.29, 1.82) is 0 Å². The maximum absolute atomic E-state index is 10.5. The molecule has 1 aromatic carbocycles. The summed E-state index contributed by atoms with van der Waals surface area (Å²) < 4.78 is 0. The Bertz CT molecular complexity index is 291. The minimum absolute atomic E-state index is 0.0738. The van der Waals surface area contributed by atoms with Gasteiger partial charge in [-0.25, -0.2) is 0 Å². The lowest BCUT2D eigenvalue weighted by Crippen LogP contribution is -2.13. The van der Waals surface area contributed by atoms with E-state index in [1.165, 1.54) is 18.2 Å². The van der Waals surface area contributed by atoms with E-state index in [-0.39, 0.29) is 18.0 Å². The van der Waals surface area contributed by atoms with E-state index in [0.29, 0.717) is 11.8 Å². The van der Waals surface area contributed by atoms with Gasteiger partial charge in [-0.3, -0.25) is 0 Å². The summed E-state index contributed by atoms with van der Waals surface area (Å²) in [6.07, 6.45) is 0.689. The number of hydrogen-bond acceptors (Lipinski definition) is 4. The molecular weight excluding hydrogens is 170 g/mol. The first-order valence-electron chi connectivity index (χ1n) is 3.85. The van der Waals surface area contributed by atoms with Gasteiger partial charge in [-0.15, -0.1) is 0 Å². The molecule has 1 unspecified atom stereocenters. The van der Waals surface area contributed by atoms with Crippen LogP contribution in [0.15, 0.2) is 18.2 Å². The van der Waals surface area contributed by atoms with Gasteiger partial charge in [0.2, 0.25) is 0 Å². The third-order valence-corrected chi connectivity index (χ3v) is 1.77. The molecule has 0 bridgehead atoms. The number of rotatable bonds is 3. The fourth-order valence-corrected chi connectivity index (χ4v) is 1.10. The molecular formula is C9H11NO3. The highest BCUT2D eigenvalue weighted by Gasteiger charge is 2.09. The molecule has 4 heteroatoms. The molecule has 0 aliphatic rings. The zero-order valence-electron chi connectivity index (χ0n) is 6.97. The minimum atomic E-state index is -0.474. The summed E-state index contributed by atoms with van der Waals surface area (Å²) in [4.78, 5) is 10.5. The van der Waals surface area contributed by atoms with Crippen LogP contribution in [-0.2, 0) is 4.79 Å². The lowest BCUT2D eigenvalue weighted by Gasteiger charge is -2.08. The predicted octanol–water partition coefficient (Wildman–Crippen LogP) is 0.339. The van der Waals surface area contributed by atoms with Crippen LogP contribution in [0, 0.1) is 0 Å². The number of aldehydes is 1. The van der Waals surface area contributed by atoms with Crippen LogP contribution < -0.4 is 5.73 Å². The summed E-state index contributed by atoms with van der Waals surface area (Å²) in [6, 6.07) is 4.01. The summed E-state index contributed by atoms with van der Waals surface area (Å²) in [5.74, 6) is -0.622. The molecule has 1 rings (SSSR count).